The summed E-state index contributed by atoms with van der Waals surface area (Å²) in [4.78, 5) is 14.5. The highest BCUT2D eigenvalue weighted by molar-refractivity contribution is 5.94. The maximum absolute atomic E-state index is 12.9. The molecule has 3 aromatic rings. The summed E-state index contributed by atoms with van der Waals surface area (Å²) < 4.78 is 1.75. The van der Waals surface area contributed by atoms with Crippen LogP contribution in [0.4, 0.5) is 0 Å². The number of carbonyl (C=O) groups excluding carboxylic acids is 1. The zero-order valence-electron chi connectivity index (χ0n) is 16.3. The number of quaternary nitrogens is 1. The number of amides is 1. The number of hydrogen-bond acceptors (Lipinski definition) is 2. The van der Waals surface area contributed by atoms with Gasteiger partial charge in [0, 0.05) is 18.4 Å². The van der Waals surface area contributed by atoms with Gasteiger partial charge in [-0.25, -0.2) is 4.68 Å². The smallest absolute Gasteiger partial charge is 0.270 e. The van der Waals surface area contributed by atoms with Crippen molar-refractivity contribution >= 4 is 5.91 Å². The zero-order valence-corrected chi connectivity index (χ0v) is 16.3. The Morgan fingerprint density at radius 2 is 1.79 bits per heavy atom. The monoisotopic (exact) mass is 375 g/mol. The maximum Gasteiger partial charge on any atom is 0.270 e. The molecule has 2 aromatic carbocycles. The topological polar surface area (TPSA) is 51.4 Å². The first-order valence-electron chi connectivity index (χ1n) is 10.0. The average Bonchev–Trinajstić information content (AvgIpc) is 3.39. The van der Waals surface area contributed by atoms with E-state index in [9.17, 15) is 4.79 Å². The van der Waals surface area contributed by atoms with E-state index in [1.54, 1.807) is 9.58 Å². The Morgan fingerprint density at radius 3 is 2.50 bits per heavy atom. The molecule has 1 saturated heterocycles. The minimum Gasteiger partial charge on any atom is -0.345 e. The van der Waals surface area contributed by atoms with E-state index in [0.29, 0.717) is 12.2 Å². The third-order valence-electron chi connectivity index (χ3n) is 5.36. The van der Waals surface area contributed by atoms with Crippen LogP contribution >= 0.6 is 0 Å². The molecule has 5 heteroatoms. The van der Waals surface area contributed by atoms with E-state index in [1.807, 2.05) is 60.7 Å². The molecule has 1 aliphatic heterocycles. The Kier molecular flexibility index (Phi) is 5.53. The van der Waals surface area contributed by atoms with Gasteiger partial charge in [-0.3, -0.25) is 4.79 Å². The van der Waals surface area contributed by atoms with Crippen molar-refractivity contribution in [3.8, 4) is 16.9 Å². The van der Waals surface area contributed by atoms with Gasteiger partial charge in [0.05, 0.1) is 37.6 Å². The minimum absolute atomic E-state index is 0.0751. The van der Waals surface area contributed by atoms with Gasteiger partial charge in [-0.2, -0.15) is 5.10 Å². The highest BCUT2D eigenvalue weighted by Gasteiger charge is 2.19. The van der Waals surface area contributed by atoms with Crippen molar-refractivity contribution in [2.45, 2.75) is 19.8 Å². The molecule has 0 spiro atoms. The Balaban J connectivity index is 1.59. The molecule has 28 heavy (non-hydrogen) atoms. The lowest BCUT2D eigenvalue weighted by atomic mass is 10.1. The number of aryl methyl sites for hydroxylation is 1. The molecule has 0 radical (unpaired) electrons. The fourth-order valence-electron chi connectivity index (χ4n) is 3.74. The third-order valence-corrected chi connectivity index (χ3v) is 5.36. The van der Waals surface area contributed by atoms with E-state index in [2.05, 4.69) is 12.2 Å². The van der Waals surface area contributed by atoms with Crippen molar-refractivity contribution in [2.75, 3.05) is 26.2 Å². The van der Waals surface area contributed by atoms with E-state index < -0.39 is 0 Å². The van der Waals surface area contributed by atoms with Crippen LogP contribution in [0.3, 0.4) is 0 Å². The van der Waals surface area contributed by atoms with Crippen molar-refractivity contribution in [1.29, 1.82) is 0 Å². The van der Waals surface area contributed by atoms with Gasteiger partial charge >= 0.3 is 0 Å². The van der Waals surface area contributed by atoms with Gasteiger partial charge in [0.15, 0.2) is 0 Å². The molecule has 144 valence electrons. The molecule has 5 nitrogen and oxygen atoms in total. The highest BCUT2D eigenvalue weighted by Crippen LogP contribution is 2.22. The summed E-state index contributed by atoms with van der Waals surface area (Å²) in [6, 6.07) is 19.9. The highest BCUT2D eigenvalue weighted by atomic mass is 16.2. The Hall–Kier alpha value is -2.92. The predicted octanol–water partition coefficient (Wildman–Crippen LogP) is 2.26. The number of nitrogens with zero attached hydrogens (tertiary/aromatic N) is 2. The van der Waals surface area contributed by atoms with Crippen LogP contribution in [0.2, 0.25) is 0 Å². The van der Waals surface area contributed by atoms with Crippen LogP contribution in [-0.4, -0.2) is 41.9 Å². The summed E-state index contributed by atoms with van der Waals surface area (Å²) in [6.07, 6.45) is 2.59. The van der Waals surface area contributed by atoms with Gasteiger partial charge in [-0.1, -0.05) is 48.0 Å². The second-order valence-electron chi connectivity index (χ2n) is 7.49. The summed E-state index contributed by atoms with van der Waals surface area (Å²) >= 11 is 0. The fraction of sp³-hybridized carbons (Fsp3) is 0.304. The Bertz CT molecular complexity index is 925. The van der Waals surface area contributed by atoms with Crippen LogP contribution in [0.1, 0.15) is 28.9 Å². The molecule has 0 atom stereocenters. The molecule has 0 bridgehead atoms. The average molecular weight is 375 g/mol. The van der Waals surface area contributed by atoms with Gasteiger partial charge in [0.2, 0.25) is 0 Å². The van der Waals surface area contributed by atoms with Crippen molar-refractivity contribution in [2.24, 2.45) is 0 Å². The molecule has 1 aliphatic rings. The lowest BCUT2D eigenvalue weighted by Gasteiger charge is -2.13. The van der Waals surface area contributed by atoms with Gasteiger partial charge in [0.25, 0.3) is 5.91 Å². The molecule has 1 amide bonds. The normalized spacial score (nSPS) is 14.3. The molecule has 2 N–H and O–H groups in total. The van der Waals surface area contributed by atoms with Crippen molar-refractivity contribution in [3.05, 3.63) is 71.9 Å². The van der Waals surface area contributed by atoms with Crippen molar-refractivity contribution in [3.63, 3.8) is 0 Å². The van der Waals surface area contributed by atoms with Crippen LogP contribution in [0.5, 0.6) is 0 Å². The second-order valence-corrected chi connectivity index (χ2v) is 7.49. The van der Waals surface area contributed by atoms with Gasteiger partial charge in [0.1, 0.15) is 5.69 Å². The Morgan fingerprint density at radius 1 is 1.07 bits per heavy atom. The molecule has 1 fully saturated rings. The van der Waals surface area contributed by atoms with Gasteiger partial charge < -0.3 is 10.2 Å². The first-order chi connectivity index (χ1) is 13.7. The maximum atomic E-state index is 12.9. The third kappa shape index (κ3) is 4.15. The summed E-state index contributed by atoms with van der Waals surface area (Å²) in [7, 11) is 0. The number of benzene rings is 2. The van der Waals surface area contributed by atoms with Gasteiger partial charge in [-0.05, 0) is 25.1 Å². The number of carbonyl (C=O) groups is 1. The van der Waals surface area contributed by atoms with Gasteiger partial charge in [-0.15, -0.1) is 0 Å². The number of aromatic nitrogens is 2. The SMILES string of the molecule is Cc1ccc(-n2nc(-c3ccccc3)cc2C(=O)NCC[NH+]2CCCC2)cc1. The number of nitrogens with one attached hydrogen (secondary N) is 2. The van der Waals surface area contributed by atoms with Crippen LogP contribution < -0.4 is 10.2 Å². The number of likely N-dealkylation sites (tertiary alicyclic amines) is 1. The van der Waals surface area contributed by atoms with Crippen molar-refractivity contribution < 1.29 is 9.69 Å². The molecule has 0 saturated carbocycles. The Labute approximate surface area is 166 Å². The standard InChI is InChI=1S/C23H26N4O/c1-18-9-11-20(12-10-18)27-22(17-21(25-27)19-7-3-2-4-8-19)23(28)24-13-16-26-14-5-6-15-26/h2-4,7-12,17H,5-6,13-16H2,1H3,(H,24,28)/p+1. The van der Waals surface area contributed by atoms with E-state index in [0.717, 1.165) is 23.5 Å². The zero-order chi connectivity index (χ0) is 19.3. The molecule has 1 aromatic heterocycles. The largest absolute Gasteiger partial charge is 0.345 e. The number of rotatable bonds is 6. The first-order valence-corrected chi connectivity index (χ1v) is 10.0. The van der Waals surface area contributed by atoms with E-state index in [1.165, 1.54) is 31.5 Å². The molecular formula is C23H27N4O+. The van der Waals surface area contributed by atoms with Crippen molar-refractivity contribution in [1.82, 2.24) is 15.1 Å². The fourth-order valence-corrected chi connectivity index (χ4v) is 3.74. The summed E-state index contributed by atoms with van der Waals surface area (Å²) in [5, 5.41) is 7.83. The quantitative estimate of drug-likeness (QED) is 0.694. The van der Waals surface area contributed by atoms with E-state index in [-0.39, 0.29) is 5.91 Å². The summed E-state index contributed by atoms with van der Waals surface area (Å²) in [5.74, 6) is -0.0751. The van der Waals surface area contributed by atoms with E-state index >= 15 is 0 Å². The van der Waals surface area contributed by atoms with Crippen LogP contribution in [0.25, 0.3) is 16.9 Å². The molecule has 0 unspecified atom stereocenters. The minimum atomic E-state index is -0.0751. The second kappa shape index (κ2) is 8.40. The molecule has 2 heterocycles. The predicted molar refractivity (Wildman–Crippen MR) is 111 cm³/mol. The molecular weight excluding hydrogens is 348 g/mol. The lowest BCUT2D eigenvalue weighted by Crippen LogP contribution is -3.10. The lowest BCUT2D eigenvalue weighted by molar-refractivity contribution is -0.886. The summed E-state index contributed by atoms with van der Waals surface area (Å²) in [5.41, 5.74) is 4.45. The van der Waals surface area contributed by atoms with Crippen LogP contribution in [0, 0.1) is 6.92 Å². The van der Waals surface area contributed by atoms with Crippen LogP contribution in [0.15, 0.2) is 60.7 Å². The van der Waals surface area contributed by atoms with E-state index in [4.69, 9.17) is 5.10 Å². The molecule has 0 aliphatic carbocycles. The number of hydrogen-bond donors (Lipinski definition) is 2. The van der Waals surface area contributed by atoms with Crippen LogP contribution in [-0.2, 0) is 0 Å². The molecule has 4 rings (SSSR count). The summed E-state index contributed by atoms with van der Waals surface area (Å²) in [6.45, 7) is 6.16. The first kappa shape index (κ1) is 18.4.